The molecule has 1 saturated heterocycles. The quantitative estimate of drug-likeness (QED) is 0.839. The molecule has 1 heterocycles. The summed E-state index contributed by atoms with van der Waals surface area (Å²) in [5.74, 6) is -0.348. The minimum absolute atomic E-state index is 0.109. The molecule has 0 aliphatic carbocycles. The fraction of sp³-hybridized carbons (Fsp3) is 0.917. The molecule has 1 aliphatic heterocycles. The van der Waals surface area contributed by atoms with Crippen LogP contribution in [0.2, 0.25) is 0 Å². The van der Waals surface area contributed by atoms with E-state index in [1.165, 1.54) is 4.90 Å². The fourth-order valence-corrected chi connectivity index (χ4v) is 1.78. The Bertz CT molecular complexity index is 328. The number of carbonyl (C=O) groups is 1. The van der Waals surface area contributed by atoms with Crippen molar-refractivity contribution in [3.8, 4) is 0 Å². The number of amides is 1. The lowest BCUT2D eigenvalue weighted by Gasteiger charge is -2.39. The highest BCUT2D eigenvalue weighted by atomic mass is 19.4. The van der Waals surface area contributed by atoms with Gasteiger partial charge in [0.2, 0.25) is 5.91 Å². The van der Waals surface area contributed by atoms with Crippen molar-refractivity contribution in [1.29, 1.82) is 0 Å². The normalized spacial score (nSPS) is 20.5. The summed E-state index contributed by atoms with van der Waals surface area (Å²) in [5.41, 5.74) is -3.15. The summed E-state index contributed by atoms with van der Waals surface area (Å²) >= 11 is 0. The molecule has 1 rings (SSSR count). The lowest BCUT2D eigenvalue weighted by atomic mass is 9.91. The van der Waals surface area contributed by atoms with Crippen molar-refractivity contribution in [3.63, 3.8) is 0 Å². The molecule has 0 atom stereocenters. The van der Waals surface area contributed by atoms with E-state index in [9.17, 15) is 23.1 Å². The van der Waals surface area contributed by atoms with Crippen molar-refractivity contribution in [2.24, 2.45) is 0 Å². The van der Waals surface area contributed by atoms with Crippen LogP contribution in [0.4, 0.5) is 13.2 Å². The molecule has 0 aromatic heterocycles. The van der Waals surface area contributed by atoms with Crippen LogP contribution >= 0.6 is 0 Å². The van der Waals surface area contributed by atoms with Crippen LogP contribution in [0.1, 0.15) is 33.6 Å². The number of aliphatic hydroxyl groups is 1. The second-order valence-electron chi connectivity index (χ2n) is 5.81. The van der Waals surface area contributed by atoms with Crippen molar-refractivity contribution >= 4 is 5.91 Å². The molecule has 7 heteroatoms. The number of halogens is 3. The van der Waals surface area contributed by atoms with Crippen LogP contribution in [0.3, 0.4) is 0 Å². The van der Waals surface area contributed by atoms with Gasteiger partial charge in [-0.1, -0.05) is 0 Å². The fourth-order valence-electron chi connectivity index (χ4n) is 1.78. The molecule has 1 fully saturated rings. The van der Waals surface area contributed by atoms with Gasteiger partial charge in [-0.2, -0.15) is 13.2 Å². The van der Waals surface area contributed by atoms with Gasteiger partial charge in [-0.15, -0.1) is 0 Å². The predicted octanol–water partition coefficient (Wildman–Crippen LogP) is 1.72. The van der Waals surface area contributed by atoms with E-state index >= 15 is 0 Å². The first kappa shape index (κ1) is 16.2. The van der Waals surface area contributed by atoms with Gasteiger partial charge in [0, 0.05) is 25.9 Å². The molecule has 0 radical (unpaired) electrons. The van der Waals surface area contributed by atoms with E-state index in [4.69, 9.17) is 4.74 Å². The molecule has 0 spiro atoms. The molecule has 1 N–H and O–H groups in total. The zero-order valence-electron chi connectivity index (χ0n) is 11.4. The topological polar surface area (TPSA) is 49.8 Å². The first-order valence-electron chi connectivity index (χ1n) is 6.15. The van der Waals surface area contributed by atoms with Gasteiger partial charge in [-0.05, 0) is 20.8 Å². The zero-order chi connectivity index (χ0) is 14.9. The van der Waals surface area contributed by atoms with Gasteiger partial charge in [-0.25, -0.2) is 0 Å². The van der Waals surface area contributed by atoms with Crippen molar-refractivity contribution in [2.45, 2.75) is 51.0 Å². The second kappa shape index (κ2) is 5.28. The van der Waals surface area contributed by atoms with Crippen molar-refractivity contribution in [3.05, 3.63) is 0 Å². The van der Waals surface area contributed by atoms with Gasteiger partial charge in [0.1, 0.15) is 6.61 Å². The van der Waals surface area contributed by atoms with Gasteiger partial charge in [0.15, 0.2) is 5.60 Å². The third-order valence-electron chi connectivity index (χ3n) is 3.10. The molecule has 0 aromatic carbocycles. The van der Waals surface area contributed by atoms with Crippen LogP contribution in [-0.2, 0) is 9.53 Å². The van der Waals surface area contributed by atoms with Gasteiger partial charge in [0.25, 0.3) is 0 Å². The Morgan fingerprint density at radius 1 is 1.26 bits per heavy atom. The van der Waals surface area contributed by atoms with E-state index in [1.807, 2.05) is 0 Å². The van der Waals surface area contributed by atoms with E-state index in [-0.39, 0.29) is 25.6 Å². The lowest BCUT2D eigenvalue weighted by molar-refractivity contribution is -0.272. The first-order chi connectivity index (χ1) is 8.45. The Morgan fingerprint density at radius 3 is 2.11 bits per heavy atom. The largest absolute Gasteiger partial charge is 0.417 e. The maximum Gasteiger partial charge on any atom is 0.417 e. The minimum atomic E-state index is -4.65. The number of piperidine rings is 1. The second-order valence-corrected chi connectivity index (χ2v) is 5.81. The predicted molar refractivity (Wildman–Crippen MR) is 62.5 cm³/mol. The van der Waals surface area contributed by atoms with E-state index in [0.717, 1.165) is 0 Å². The summed E-state index contributed by atoms with van der Waals surface area (Å²) in [6, 6.07) is 0. The van der Waals surface area contributed by atoms with Gasteiger partial charge < -0.3 is 14.7 Å². The summed E-state index contributed by atoms with van der Waals surface area (Å²) in [6.07, 6.45) is -5.63. The van der Waals surface area contributed by atoms with Gasteiger partial charge in [-0.3, -0.25) is 4.79 Å². The van der Waals surface area contributed by atoms with Crippen LogP contribution in [0.15, 0.2) is 0 Å². The van der Waals surface area contributed by atoms with E-state index < -0.39 is 30.2 Å². The smallest absolute Gasteiger partial charge is 0.380 e. The Hall–Kier alpha value is -0.820. The van der Waals surface area contributed by atoms with Crippen molar-refractivity contribution in [1.82, 2.24) is 4.90 Å². The van der Waals surface area contributed by atoms with Gasteiger partial charge in [0.05, 0.1) is 5.60 Å². The number of alkyl halides is 3. The highest BCUT2D eigenvalue weighted by Crippen LogP contribution is 2.38. The first-order valence-corrected chi connectivity index (χ1v) is 6.15. The van der Waals surface area contributed by atoms with Crippen LogP contribution in [0.25, 0.3) is 0 Å². The summed E-state index contributed by atoms with van der Waals surface area (Å²) in [7, 11) is 0. The number of nitrogens with zero attached hydrogens (tertiary/aromatic N) is 1. The molecular formula is C12H20F3NO3. The molecular weight excluding hydrogens is 263 g/mol. The number of rotatable bonds is 2. The summed E-state index contributed by atoms with van der Waals surface area (Å²) in [4.78, 5) is 13.0. The van der Waals surface area contributed by atoms with Crippen LogP contribution in [0.5, 0.6) is 0 Å². The van der Waals surface area contributed by atoms with Crippen LogP contribution in [-0.4, -0.2) is 53.0 Å². The molecule has 0 aromatic rings. The summed E-state index contributed by atoms with van der Waals surface area (Å²) in [5, 5.41) is 9.47. The maximum absolute atomic E-state index is 12.6. The van der Waals surface area contributed by atoms with Crippen molar-refractivity contribution < 1.29 is 27.8 Å². The third kappa shape index (κ3) is 4.35. The number of hydrogen-bond acceptors (Lipinski definition) is 3. The number of likely N-dealkylation sites (tertiary alicyclic amines) is 1. The van der Waals surface area contributed by atoms with E-state index in [0.29, 0.717) is 0 Å². The summed E-state index contributed by atoms with van der Waals surface area (Å²) < 4.78 is 43.0. The molecule has 112 valence electrons. The molecule has 1 amide bonds. The molecule has 1 aliphatic rings. The standard InChI is InChI=1S/C12H20F3NO3/c1-10(2,3)19-8-9(17)16-6-4-11(18,5-7-16)12(13,14)15/h18H,4-8H2,1-3H3. The number of carbonyl (C=O) groups excluding carboxylic acids is 1. The highest BCUT2D eigenvalue weighted by molar-refractivity contribution is 5.77. The molecule has 0 unspecified atom stereocenters. The molecule has 4 nitrogen and oxygen atoms in total. The molecule has 19 heavy (non-hydrogen) atoms. The van der Waals surface area contributed by atoms with Crippen LogP contribution < -0.4 is 0 Å². The Kier molecular flexibility index (Phi) is 4.51. The van der Waals surface area contributed by atoms with Crippen molar-refractivity contribution in [2.75, 3.05) is 19.7 Å². The Labute approximate surface area is 110 Å². The van der Waals surface area contributed by atoms with Crippen LogP contribution in [0, 0.1) is 0 Å². The molecule has 0 bridgehead atoms. The van der Waals surface area contributed by atoms with E-state index in [2.05, 4.69) is 0 Å². The third-order valence-corrected chi connectivity index (χ3v) is 3.10. The Balaban J connectivity index is 2.48. The monoisotopic (exact) mass is 283 g/mol. The van der Waals surface area contributed by atoms with E-state index in [1.54, 1.807) is 20.8 Å². The minimum Gasteiger partial charge on any atom is -0.380 e. The highest BCUT2D eigenvalue weighted by Gasteiger charge is 2.54. The molecule has 0 saturated carbocycles. The Morgan fingerprint density at radius 2 is 1.74 bits per heavy atom. The maximum atomic E-state index is 12.6. The number of hydrogen-bond donors (Lipinski definition) is 1. The van der Waals surface area contributed by atoms with Gasteiger partial charge >= 0.3 is 6.18 Å². The summed E-state index contributed by atoms with van der Waals surface area (Å²) in [6.45, 7) is 5.00. The zero-order valence-corrected chi connectivity index (χ0v) is 11.4. The average Bonchev–Trinajstić information content (AvgIpc) is 2.24. The number of ether oxygens (including phenoxy) is 1. The lowest BCUT2D eigenvalue weighted by Crippen LogP contribution is -2.55. The average molecular weight is 283 g/mol. The SMILES string of the molecule is CC(C)(C)OCC(=O)N1CCC(O)(C(F)(F)F)CC1.